The second kappa shape index (κ2) is 11.8. The first-order valence-corrected chi connectivity index (χ1v) is 11.6. The largest absolute Gasteiger partial charge is 0.383 e. The van der Waals surface area contributed by atoms with Gasteiger partial charge >= 0.3 is 0 Å². The molecule has 0 radical (unpaired) electrons. The normalized spacial score (nSPS) is 10.7. The van der Waals surface area contributed by atoms with Gasteiger partial charge in [-0.15, -0.1) is 11.3 Å². The molecule has 0 saturated heterocycles. The van der Waals surface area contributed by atoms with Crippen molar-refractivity contribution in [1.29, 1.82) is 0 Å². The maximum absolute atomic E-state index is 13.4. The van der Waals surface area contributed by atoms with Crippen molar-refractivity contribution >= 4 is 34.8 Å². The van der Waals surface area contributed by atoms with Crippen molar-refractivity contribution in [3.8, 4) is 0 Å². The van der Waals surface area contributed by atoms with Crippen LogP contribution in [-0.2, 0) is 22.6 Å². The van der Waals surface area contributed by atoms with Gasteiger partial charge in [0.15, 0.2) is 0 Å². The lowest BCUT2D eigenvalue weighted by atomic mass is 10.2. The van der Waals surface area contributed by atoms with Crippen LogP contribution in [0, 0.1) is 6.92 Å². The monoisotopic (exact) mass is 470 g/mol. The third-order valence-electron chi connectivity index (χ3n) is 4.99. The Labute approximate surface area is 198 Å². The summed E-state index contributed by atoms with van der Waals surface area (Å²) in [4.78, 5) is 32.2. The van der Waals surface area contributed by atoms with E-state index in [4.69, 9.17) is 16.3 Å². The quantitative estimate of drug-likeness (QED) is 0.417. The third-order valence-corrected chi connectivity index (χ3v) is 6.31. The number of hydrogen-bond donors (Lipinski definition) is 0. The van der Waals surface area contributed by atoms with Gasteiger partial charge in [0.05, 0.1) is 23.7 Å². The molecule has 0 aliphatic rings. The standard InChI is InChI=1S/C25H27ClN2O3S/c1-19-12-13-21(32-19)17-28(16-20-8-4-3-5-9-20)24(29)18-27(14-15-31-2)25(30)22-10-6-7-11-23(22)26/h3-13H,14-18H2,1-2H3. The molecule has 32 heavy (non-hydrogen) atoms. The highest BCUT2D eigenvalue weighted by Gasteiger charge is 2.24. The summed E-state index contributed by atoms with van der Waals surface area (Å²) in [6.07, 6.45) is 0. The van der Waals surface area contributed by atoms with Gasteiger partial charge in [0.1, 0.15) is 6.54 Å². The summed E-state index contributed by atoms with van der Waals surface area (Å²) in [7, 11) is 1.57. The number of carbonyl (C=O) groups excluding carboxylic acids is 2. The molecule has 0 atom stereocenters. The lowest BCUT2D eigenvalue weighted by Gasteiger charge is -2.28. The number of benzene rings is 2. The number of amides is 2. The van der Waals surface area contributed by atoms with Crippen LogP contribution in [0.3, 0.4) is 0 Å². The van der Waals surface area contributed by atoms with E-state index in [1.54, 1.807) is 47.6 Å². The molecule has 1 aromatic heterocycles. The molecule has 3 aromatic rings. The molecule has 0 aliphatic heterocycles. The zero-order valence-electron chi connectivity index (χ0n) is 18.3. The molecule has 0 aliphatic carbocycles. The fraction of sp³-hybridized carbons (Fsp3) is 0.280. The van der Waals surface area contributed by atoms with E-state index in [2.05, 4.69) is 6.07 Å². The summed E-state index contributed by atoms with van der Waals surface area (Å²) in [6, 6.07) is 20.8. The molecule has 168 valence electrons. The lowest BCUT2D eigenvalue weighted by Crippen LogP contribution is -2.43. The second-order valence-electron chi connectivity index (χ2n) is 7.45. The maximum Gasteiger partial charge on any atom is 0.255 e. The van der Waals surface area contributed by atoms with Crippen molar-refractivity contribution in [2.45, 2.75) is 20.0 Å². The molecule has 0 spiro atoms. The number of carbonyl (C=O) groups is 2. The molecule has 2 aromatic carbocycles. The van der Waals surface area contributed by atoms with Crippen LogP contribution in [0.4, 0.5) is 0 Å². The first-order valence-electron chi connectivity index (χ1n) is 10.4. The molecule has 3 rings (SSSR count). The molecular formula is C25H27ClN2O3S. The van der Waals surface area contributed by atoms with Gasteiger partial charge in [-0.2, -0.15) is 0 Å². The molecular weight excluding hydrogens is 444 g/mol. The van der Waals surface area contributed by atoms with E-state index in [0.29, 0.717) is 36.8 Å². The van der Waals surface area contributed by atoms with Crippen molar-refractivity contribution in [3.05, 3.63) is 92.6 Å². The summed E-state index contributed by atoms with van der Waals surface area (Å²) < 4.78 is 5.17. The second-order valence-corrected chi connectivity index (χ2v) is 9.23. The fourth-order valence-electron chi connectivity index (χ4n) is 3.32. The number of hydrogen-bond acceptors (Lipinski definition) is 4. The number of methoxy groups -OCH3 is 1. The van der Waals surface area contributed by atoms with E-state index in [9.17, 15) is 9.59 Å². The minimum absolute atomic E-state index is 0.0510. The molecule has 2 amide bonds. The molecule has 0 fully saturated rings. The highest BCUT2D eigenvalue weighted by atomic mass is 35.5. The van der Waals surface area contributed by atoms with E-state index in [-0.39, 0.29) is 18.4 Å². The van der Waals surface area contributed by atoms with Crippen molar-refractivity contribution in [2.75, 3.05) is 26.8 Å². The lowest BCUT2D eigenvalue weighted by molar-refractivity contribution is -0.133. The Morgan fingerprint density at radius 1 is 0.938 bits per heavy atom. The summed E-state index contributed by atoms with van der Waals surface area (Å²) in [6.45, 7) is 3.58. The van der Waals surface area contributed by atoms with Crippen LogP contribution in [0.5, 0.6) is 0 Å². The summed E-state index contributed by atoms with van der Waals surface area (Å²) >= 11 is 7.91. The highest BCUT2D eigenvalue weighted by molar-refractivity contribution is 7.11. The first kappa shape index (κ1) is 24.0. The van der Waals surface area contributed by atoms with Crippen LogP contribution in [0.25, 0.3) is 0 Å². The van der Waals surface area contributed by atoms with Crippen molar-refractivity contribution < 1.29 is 14.3 Å². The van der Waals surface area contributed by atoms with E-state index in [1.165, 1.54) is 9.78 Å². The van der Waals surface area contributed by atoms with Crippen molar-refractivity contribution in [2.24, 2.45) is 0 Å². The van der Waals surface area contributed by atoms with Crippen molar-refractivity contribution in [1.82, 2.24) is 9.80 Å². The number of thiophene rings is 1. The number of ether oxygens (including phenoxy) is 1. The van der Waals surface area contributed by atoms with Crippen LogP contribution in [0.15, 0.2) is 66.7 Å². The predicted octanol–water partition coefficient (Wildman–Crippen LogP) is 5.03. The third kappa shape index (κ3) is 6.66. The Balaban J connectivity index is 1.81. The molecule has 1 heterocycles. The number of halogens is 1. The van der Waals surface area contributed by atoms with E-state index >= 15 is 0 Å². The molecule has 0 unspecified atom stereocenters. The van der Waals surface area contributed by atoms with Gasteiger partial charge in [-0.05, 0) is 36.8 Å². The van der Waals surface area contributed by atoms with E-state index < -0.39 is 0 Å². The van der Waals surface area contributed by atoms with Gasteiger partial charge in [0.25, 0.3) is 5.91 Å². The van der Waals surface area contributed by atoms with E-state index in [0.717, 1.165) is 10.4 Å². The van der Waals surface area contributed by atoms with Crippen LogP contribution < -0.4 is 0 Å². The molecule has 7 heteroatoms. The summed E-state index contributed by atoms with van der Waals surface area (Å²) in [5, 5.41) is 0.363. The van der Waals surface area contributed by atoms with Crippen LogP contribution >= 0.6 is 22.9 Å². The predicted molar refractivity (Wildman–Crippen MR) is 129 cm³/mol. The number of rotatable bonds is 10. The molecule has 0 bridgehead atoms. The average Bonchev–Trinajstić information content (AvgIpc) is 3.21. The van der Waals surface area contributed by atoms with Gasteiger partial charge in [-0.1, -0.05) is 54.1 Å². The molecule has 0 saturated carbocycles. The van der Waals surface area contributed by atoms with Crippen LogP contribution in [-0.4, -0.2) is 48.4 Å². The smallest absolute Gasteiger partial charge is 0.255 e. The zero-order valence-corrected chi connectivity index (χ0v) is 19.9. The average molecular weight is 471 g/mol. The number of nitrogens with zero attached hydrogens (tertiary/aromatic N) is 2. The maximum atomic E-state index is 13.4. The van der Waals surface area contributed by atoms with Gasteiger partial charge in [0.2, 0.25) is 5.91 Å². The van der Waals surface area contributed by atoms with Crippen LogP contribution in [0.1, 0.15) is 25.7 Å². The Bertz CT molecular complexity index is 1040. The Morgan fingerprint density at radius 2 is 1.66 bits per heavy atom. The molecule has 0 N–H and O–H groups in total. The minimum atomic E-state index is -0.285. The Hall–Kier alpha value is -2.67. The van der Waals surface area contributed by atoms with Gasteiger partial charge in [-0.3, -0.25) is 9.59 Å². The topological polar surface area (TPSA) is 49.9 Å². The fourth-order valence-corrected chi connectivity index (χ4v) is 4.44. The minimum Gasteiger partial charge on any atom is -0.383 e. The Kier molecular flexibility index (Phi) is 8.85. The van der Waals surface area contributed by atoms with Gasteiger partial charge in [-0.25, -0.2) is 0 Å². The number of aryl methyl sites for hydroxylation is 1. The van der Waals surface area contributed by atoms with Crippen LogP contribution in [0.2, 0.25) is 5.02 Å². The van der Waals surface area contributed by atoms with E-state index in [1.807, 2.05) is 43.3 Å². The van der Waals surface area contributed by atoms with Gasteiger partial charge in [0, 0.05) is 30.0 Å². The van der Waals surface area contributed by atoms with Gasteiger partial charge < -0.3 is 14.5 Å². The highest BCUT2D eigenvalue weighted by Crippen LogP contribution is 2.20. The summed E-state index contributed by atoms with van der Waals surface area (Å²) in [5.74, 6) is -0.413. The SMILES string of the molecule is COCCN(CC(=O)N(Cc1ccccc1)Cc1ccc(C)s1)C(=O)c1ccccc1Cl. The van der Waals surface area contributed by atoms with Crippen molar-refractivity contribution in [3.63, 3.8) is 0 Å². The zero-order chi connectivity index (χ0) is 22.9. The molecule has 5 nitrogen and oxygen atoms in total. The summed E-state index contributed by atoms with van der Waals surface area (Å²) in [5.41, 5.74) is 1.41. The Morgan fingerprint density at radius 3 is 2.31 bits per heavy atom. The first-order chi connectivity index (χ1) is 15.5.